The summed E-state index contributed by atoms with van der Waals surface area (Å²) in [6, 6.07) is 7.90. The van der Waals surface area contributed by atoms with Gasteiger partial charge >= 0.3 is 6.03 Å². The summed E-state index contributed by atoms with van der Waals surface area (Å²) < 4.78 is 5.08. The monoisotopic (exact) mass is 532 g/mol. The molecule has 0 radical (unpaired) electrons. The van der Waals surface area contributed by atoms with Gasteiger partial charge in [0, 0.05) is 65.7 Å². The van der Waals surface area contributed by atoms with Gasteiger partial charge in [-0.15, -0.1) is 24.0 Å². The number of urea groups is 1. The van der Waals surface area contributed by atoms with Crippen molar-refractivity contribution < 1.29 is 9.53 Å². The Morgan fingerprint density at radius 3 is 2.70 bits per heavy atom. The van der Waals surface area contributed by atoms with Crippen LogP contribution < -0.4 is 16.0 Å². The highest BCUT2D eigenvalue weighted by Crippen LogP contribution is 2.14. The minimum Gasteiger partial charge on any atom is -0.385 e. The zero-order chi connectivity index (χ0) is 20.9. The second-order valence-corrected chi connectivity index (χ2v) is 7.33. The Labute approximate surface area is 197 Å². The molecule has 1 saturated heterocycles. The van der Waals surface area contributed by atoms with E-state index in [2.05, 4.69) is 32.9 Å². The minimum atomic E-state index is -0.0142. The molecule has 170 valence electrons. The number of carbonyl (C=O) groups excluding carboxylic acids is 1. The van der Waals surface area contributed by atoms with Crippen molar-refractivity contribution >= 4 is 41.7 Å². The van der Waals surface area contributed by atoms with Gasteiger partial charge in [0.15, 0.2) is 5.96 Å². The summed E-state index contributed by atoms with van der Waals surface area (Å²) in [6.07, 6.45) is 3.21. The fourth-order valence-corrected chi connectivity index (χ4v) is 3.24. The Bertz CT molecular complexity index is 652. The van der Waals surface area contributed by atoms with Gasteiger partial charge < -0.3 is 30.5 Å². The molecule has 1 aromatic rings. The van der Waals surface area contributed by atoms with Crippen LogP contribution in [0.3, 0.4) is 0 Å². The lowest BCUT2D eigenvalue weighted by Crippen LogP contribution is -2.40. The number of anilines is 1. The zero-order valence-electron chi connectivity index (χ0n) is 18.4. The molecule has 1 heterocycles. The van der Waals surface area contributed by atoms with Crippen LogP contribution in [-0.4, -0.2) is 82.3 Å². The summed E-state index contributed by atoms with van der Waals surface area (Å²) in [5, 5.41) is 9.65. The SMILES string of the molecule is CN=C(NCCN(C)CCCOC)NCc1cccc(NC(=O)N2CCCC2)c1.I. The summed E-state index contributed by atoms with van der Waals surface area (Å²) in [5.74, 6) is 0.766. The molecule has 1 aliphatic rings. The average Bonchev–Trinajstić information content (AvgIpc) is 3.26. The molecule has 1 fully saturated rings. The van der Waals surface area contributed by atoms with E-state index < -0.39 is 0 Å². The smallest absolute Gasteiger partial charge is 0.321 e. The number of guanidine groups is 1. The highest BCUT2D eigenvalue weighted by Gasteiger charge is 2.17. The molecule has 0 bridgehead atoms. The number of aliphatic imine (C=N–C) groups is 1. The van der Waals surface area contributed by atoms with Crippen molar-refractivity contribution in [3.8, 4) is 0 Å². The van der Waals surface area contributed by atoms with E-state index in [0.717, 1.165) is 75.8 Å². The fourth-order valence-electron chi connectivity index (χ4n) is 3.24. The second kappa shape index (κ2) is 15.2. The first kappa shape index (κ1) is 26.4. The van der Waals surface area contributed by atoms with E-state index >= 15 is 0 Å². The maximum absolute atomic E-state index is 12.3. The molecule has 1 aromatic carbocycles. The zero-order valence-corrected chi connectivity index (χ0v) is 20.8. The average molecular weight is 532 g/mol. The number of carbonyl (C=O) groups is 1. The van der Waals surface area contributed by atoms with Crippen LogP contribution in [0.5, 0.6) is 0 Å². The number of benzene rings is 1. The molecule has 1 aliphatic heterocycles. The fraction of sp³-hybridized carbons (Fsp3) is 0.619. The molecule has 3 N–H and O–H groups in total. The normalized spacial score (nSPS) is 13.9. The van der Waals surface area contributed by atoms with Crippen LogP contribution in [0.15, 0.2) is 29.3 Å². The van der Waals surface area contributed by atoms with E-state index in [4.69, 9.17) is 4.74 Å². The number of amides is 2. The van der Waals surface area contributed by atoms with Crippen LogP contribution in [0.2, 0.25) is 0 Å². The van der Waals surface area contributed by atoms with Crippen molar-refractivity contribution in [2.75, 3.05) is 65.9 Å². The number of halogens is 1. The summed E-state index contributed by atoms with van der Waals surface area (Å²) >= 11 is 0. The molecule has 0 atom stereocenters. The van der Waals surface area contributed by atoms with Gasteiger partial charge in [-0.1, -0.05) is 12.1 Å². The van der Waals surface area contributed by atoms with E-state index in [9.17, 15) is 4.79 Å². The van der Waals surface area contributed by atoms with Gasteiger partial charge in [0.25, 0.3) is 0 Å². The van der Waals surface area contributed by atoms with Crippen LogP contribution >= 0.6 is 24.0 Å². The molecular formula is C21H37IN6O2. The number of likely N-dealkylation sites (N-methyl/N-ethyl adjacent to an activating group) is 1. The Morgan fingerprint density at radius 1 is 1.23 bits per heavy atom. The topological polar surface area (TPSA) is 81.2 Å². The van der Waals surface area contributed by atoms with E-state index in [1.54, 1.807) is 14.2 Å². The largest absolute Gasteiger partial charge is 0.385 e. The Balaban J connectivity index is 0.00000450. The molecule has 2 amide bonds. The van der Waals surface area contributed by atoms with E-state index in [-0.39, 0.29) is 30.0 Å². The number of hydrogen-bond acceptors (Lipinski definition) is 4. The molecule has 9 heteroatoms. The van der Waals surface area contributed by atoms with Gasteiger partial charge in [0.05, 0.1) is 0 Å². The van der Waals surface area contributed by atoms with Crippen molar-refractivity contribution in [2.24, 2.45) is 4.99 Å². The Kier molecular flexibility index (Phi) is 13.4. The van der Waals surface area contributed by atoms with Gasteiger partial charge in [0.2, 0.25) is 0 Å². The van der Waals surface area contributed by atoms with Crippen LogP contribution in [0, 0.1) is 0 Å². The molecule has 0 spiro atoms. The Hall–Kier alpha value is -1.59. The summed E-state index contributed by atoms with van der Waals surface area (Å²) in [5.41, 5.74) is 1.91. The third-order valence-corrected chi connectivity index (χ3v) is 4.93. The molecule has 0 saturated carbocycles. The first-order valence-electron chi connectivity index (χ1n) is 10.4. The predicted octanol–water partition coefficient (Wildman–Crippen LogP) is 2.57. The van der Waals surface area contributed by atoms with Crippen LogP contribution in [0.1, 0.15) is 24.8 Å². The number of methoxy groups -OCH3 is 1. The number of nitrogens with zero attached hydrogens (tertiary/aromatic N) is 3. The number of rotatable bonds is 10. The highest BCUT2D eigenvalue weighted by molar-refractivity contribution is 14.0. The van der Waals surface area contributed by atoms with Crippen LogP contribution in [0.4, 0.5) is 10.5 Å². The van der Waals surface area contributed by atoms with Gasteiger partial charge in [-0.25, -0.2) is 4.79 Å². The predicted molar refractivity (Wildman–Crippen MR) is 134 cm³/mol. The maximum Gasteiger partial charge on any atom is 0.321 e. The maximum atomic E-state index is 12.3. The van der Waals surface area contributed by atoms with Gasteiger partial charge in [-0.2, -0.15) is 0 Å². The van der Waals surface area contributed by atoms with Crippen molar-refractivity contribution in [1.82, 2.24) is 20.4 Å². The number of likely N-dealkylation sites (tertiary alicyclic amines) is 1. The lowest BCUT2D eigenvalue weighted by molar-refractivity contribution is 0.180. The molecule has 30 heavy (non-hydrogen) atoms. The van der Waals surface area contributed by atoms with E-state index in [0.29, 0.717) is 6.54 Å². The van der Waals surface area contributed by atoms with Crippen molar-refractivity contribution in [3.63, 3.8) is 0 Å². The molecule has 2 rings (SSSR count). The minimum absolute atomic E-state index is 0. The van der Waals surface area contributed by atoms with E-state index in [1.807, 2.05) is 29.2 Å². The summed E-state index contributed by atoms with van der Waals surface area (Å²) in [7, 11) is 5.61. The lowest BCUT2D eigenvalue weighted by atomic mass is 10.2. The third-order valence-electron chi connectivity index (χ3n) is 4.93. The quantitative estimate of drug-likeness (QED) is 0.187. The van der Waals surface area contributed by atoms with E-state index in [1.165, 1.54) is 0 Å². The summed E-state index contributed by atoms with van der Waals surface area (Å²) in [6.45, 7) is 5.87. The van der Waals surface area contributed by atoms with Gasteiger partial charge in [-0.05, 0) is 44.0 Å². The van der Waals surface area contributed by atoms with Crippen LogP contribution in [-0.2, 0) is 11.3 Å². The molecule has 0 aromatic heterocycles. The Morgan fingerprint density at radius 2 is 2.00 bits per heavy atom. The highest BCUT2D eigenvalue weighted by atomic mass is 127. The second-order valence-electron chi connectivity index (χ2n) is 7.33. The van der Waals surface area contributed by atoms with Crippen molar-refractivity contribution in [1.29, 1.82) is 0 Å². The standard InChI is InChI=1S/C21H36N6O2.HI/c1-22-20(23-10-14-26(2)11-7-15-29-3)24-17-18-8-6-9-19(16-18)25-21(28)27-12-4-5-13-27;/h6,8-9,16H,4-5,7,10-15,17H2,1-3H3,(H,25,28)(H2,22,23,24);1H. The number of hydrogen-bond donors (Lipinski definition) is 3. The molecule has 0 aliphatic carbocycles. The number of nitrogens with one attached hydrogen (secondary N) is 3. The number of ether oxygens (including phenoxy) is 1. The first-order valence-corrected chi connectivity index (χ1v) is 10.4. The lowest BCUT2D eigenvalue weighted by Gasteiger charge is -2.18. The third kappa shape index (κ3) is 9.94. The van der Waals surface area contributed by atoms with Crippen molar-refractivity contribution in [2.45, 2.75) is 25.8 Å². The van der Waals surface area contributed by atoms with Gasteiger partial charge in [-0.3, -0.25) is 4.99 Å². The van der Waals surface area contributed by atoms with Crippen molar-refractivity contribution in [3.05, 3.63) is 29.8 Å². The summed E-state index contributed by atoms with van der Waals surface area (Å²) in [4.78, 5) is 20.7. The molecule has 0 unspecified atom stereocenters. The van der Waals surface area contributed by atoms with Gasteiger partial charge in [0.1, 0.15) is 0 Å². The van der Waals surface area contributed by atoms with Crippen LogP contribution in [0.25, 0.3) is 0 Å². The first-order chi connectivity index (χ1) is 14.1. The molecule has 8 nitrogen and oxygen atoms in total. The molecular weight excluding hydrogens is 495 g/mol.